The Labute approximate surface area is 107 Å². The molecular formula is C12H21N5O. The lowest BCUT2D eigenvalue weighted by atomic mass is 10.2. The summed E-state index contributed by atoms with van der Waals surface area (Å²) in [7, 11) is 0. The molecular weight excluding hydrogens is 230 g/mol. The Balaban J connectivity index is 1.84. The maximum Gasteiger partial charge on any atom is 0.154 e. The lowest BCUT2D eigenvalue weighted by molar-refractivity contribution is -0.119. The maximum absolute atomic E-state index is 12.0. The molecule has 0 bridgehead atoms. The van der Waals surface area contributed by atoms with Crippen molar-refractivity contribution < 1.29 is 4.79 Å². The number of nitrogens with zero attached hydrogens (tertiary/aromatic N) is 4. The highest BCUT2D eigenvalue weighted by molar-refractivity contribution is 5.82. The van der Waals surface area contributed by atoms with Crippen LogP contribution in [0.4, 0.5) is 0 Å². The fourth-order valence-corrected chi connectivity index (χ4v) is 2.23. The molecule has 100 valence electrons. The van der Waals surface area contributed by atoms with Crippen LogP contribution < -0.4 is 5.32 Å². The van der Waals surface area contributed by atoms with E-state index in [9.17, 15) is 4.79 Å². The van der Waals surface area contributed by atoms with Crippen LogP contribution in [0.5, 0.6) is 0 Å². The van der Waals surface area contributed by atoms with Crippen molar-refractivity contribution in [2.75, 3.05) is 32.7 Å². The molecule has 0 amide bonds. The zero-order valence-corrected chi connectivity index (χ0v) is 10.9. The summed E-state index contributed by atoms with van der Waals surface area (Å²) in [5.41, 5.74) is 0. The molecule has 2 rings (SSSR count). The zero-order valence-electron chi connectivity index (χ0n) is 10.9. The van der Waals surface area contributed by atoms with Crippen molar-refractivity contribution >= 4 is 5.78 Å². The minimum Gasteiger partial charge on any atom is -0.315 e. The number of Topliss-reactive ketones (excluding diaryl/α,β-unsaturated/α-hetero) is 1. The highest BCUT2D eigenvalue weighted by Crippen LogP contribution is 2.00. The summed E-state index contributed by atoms with van der Waals surface area (Å²) < 4.78 is 1.78. The van der Waals surface area contributed by atoms with Crippen molar-refractivity contribution in [3.63, 3.8) is 0 Å². The summed E-state index contributed by atoms with van der Waals surface area (Å²) >= 11 is 0. The fraction of sp³-hybridized carbons (Fsp3) is 0.750. The van der Waals surface area contributed by atoms with Crippen LogP contribution in [0.25, 0.3) is 0 Å². The molecule has 1 aliphatic rings. The zero-order chi connectivity index (χ0) is 12.8. The van der Waals surface area contributed by atoms with Gasteiger partial charge in [0.25, 0.3) is 0 Å². The van der Waals surface area contributed by atoms with Gasteiger partial charge in [0.15, 0.2) is 5.78 Å². The van der Waals surface area contributed by atoms with Gasteiger partial charge in [0.2, 0.25) is 0 Å². The number of ketones is 1. The van der Waals surface area contributed by atoms with Gasteiger partial charge in [0.1, 0.15) is 12.2 Å². The highest BCUT2D eigenvalue weighted by Gasteiger charge is 2.15. The molecule has 0 saturated carbocycles. The quantitative estimate of drug-likeness (QED) is 0.779. The van der Waals surface area contributed by atoms with E-state index in [1.54, 1.807) is 4.68 Å². The molecule has 1 aliphatic heterocycles. The van der Waals surface area contributed by atoms with Gasteiger partial charge in [-0.3, -0.25) is 9.69 Å². The van der Waals surface area contributed by atoms with Crippen LogP contribution in [0.1, 0.15) is 19.2 Å². The molecule has 1 aromatic heterocycles. The standard InChI is InChI=1S/C12H21N5O/c1-2-17-12(14-10-15-17)8-11(18)9-16-6-3-4-13-5-7-16/h10,13H,2-9H2,1H3. The second-order valence-corrected chi connectivity index (χ2v) is 4.59. The number of aromatic nitrogens is 3. The lowest BCUT2D eigenvalue weighted by Gasteiger charge is -2.18. The van der Waals surface area contributed by atoms with Crippen molar-refractivity contribution in [2.24, 2.45) is 0 Å². The maximum atomic E-state index is 12.0. The first-order valence-corrected chi connectivity index (χ1v) is 6.61. The molecule has 1 saturated heterocycles. The third kappa shape index (κ3) is 3.61. The first-order chi connectivity index (χ1) is 8.79. The molecule has 0 atom stereocenters. The molecule has 6 nitrogen and oxygen atoms in total. The molecule has 0 aromatic carbocycles. The Morgan fingerprint density at radius 2 is 2.33 bits per heavy atom. The van der Waals surface area contributed by atoms with Crippen molar-refractivity contribution in [3.8, 4) is 0 Å². The Kier molecular flexibility index (Phi) is 4.83. The second-order valence-electron chi connectivity index (χ2n) is 4.59. The predicted molar refractivity (Wildman–Crippen MR) is 68.3 cm³/mol. The van der Waals surface area contributed by atoms with Gasteiger partial charge in [0, 0.05) is 19.6 Å². The Morgan fingerprint density at radius 3 is 3.17 bits per heavy atom. The normalized spacial score (nSPS) is 17.6. The van der Waals surface area contributed by atoms with E-state index < -0.39 is 0 Å². The van der Waals surface area contributed by atoms with E-state index in [0.29, 0.717) is 13.0 Å². The van der Waals surface area contributed by atoms with E-state index in [2.05, 4.69) is 20.3 Å². The van der Waals surface area contributed by atoms with Crippen molar-refractivity contribution in [2.45, 2.75) is 26.3 Å². The predicted octanol–water partition coefficient (Wildman–Crippen LogP) is -0.295. The van der Waals surface area contributed by atoms with Crippen LogP contribution in [0.2, 0.25) is 0 Å². The molecule has 1 fully saturated rings. The molecule has 6 heteroatoms. The van der Waals surface area contributed by atoms with Crippen molar-refractivity contribution in [3.05, 3.63) is 12.2 Å². The van der Waals surface area contributed by atoms with E-state index >= 15 is 0 Å². The summed E-state index contributed by atoms with van der Waals surface area (Å²) in [5, 5.41) is 7.41. The van der Waals surface area contributed by atoms with Crippen molar-refractivity contribution in [1.82, 2.24) is 25.0 Å². The van der Waals surface area contributed by atoms with Crippen LogP contribution in [-0.2, 0) is 17.8 Å². The average molecular weight is 251 g/mol. The van der Waals surface area contributed by atoms with E-state index in [1.807, 2.05) is 6.92 Å². The monoisotopic (exact) mass is 251 g/mol. The van der Waals surface area contributed by atoms with Gasteiger partial charge in [-0.25, -0.2) is 9.67 Å². The summed E-state index contributed by atoms with van der Waals surface area (Å²) in [4.78, 5) is 18.4. The van der Waals surface area contributed by atoms with Gasteiger partial charge in [-0.15, -0.1) is 0 Å². The SMILES string of the molecule is CCn1ncnc1CC(=O)CN1CCCNCC1. The van der Waals surface area contributed by atoms with Crippen LogP contribution in [0, 0.1) is 0 Å². The van der Waals surface area contributed by atoms with Gasteiger partial charge in [-0.2, -0.15) is 5.10 Å². The smallest absolute Gasteiger partial charge is 0.154 e. The second kappa shape index (κ2) is 6.61. The Hall–Kier alpha value is -1.27. The van der Waals surface area contributed by atoms with E-state index in [-0.39, 0.29) is 5.78 Å². The minimum absolute atomic E-state index is 0.222. The first kappa shape index (κ1) is 13.2. The van der Waals surface area contributed by atoms with Crippen LogP contribution in [0.15, 0.2) is 6.33 Å². The topological polar surface area (TPSA) is 63.1 Å². The largest absolute Gasteiger partial charge is 0.315 e. The number of carbonyl (C=O) groups excluding carboxylic acids is 1. The van der Waals surface area contributed by atoms with Crippen LogP contribution in [0.3, 0.4) is 0 Å². The van der Waals surface area contributed by atoms with E-state index in [1.165, 1.54) is 6.33 Å². The molecule has 1 aromatic rings. The number of nitrogens with one attached hydrogen (secondary N) is 1. The summed E-state index contributed by atoms with van der Waals surface area (Å²) in [6, 6.07) is 0. The lowest BCUT2D eigenvalue weighted by Crippen LogP contribution is -2.34. The van der Waals surface area contributed by atoms with Gasteiger partial charge in [-0.1, -0.05) is 0 Å². The van der Waals surface area contributed by atoms with E-state index in [4.69, 9.17) is 0 Å². The van der Waals surface area contributed by atoms with Gasteiger partial charge >= 0.3 is 0 Å². The number of aryl methyl sites for hydroxylation is 1. The molecule has 0 spiro atoms. The molecule has 1 N–H and O–H groups in total. The third-order valence-electron chi connectivity index (χ3n) is 3.18. The number of rotatable bonds is 5. The molecule has 0 radical (unpaired) electrons. The number of hydrogen-bond donors (Lipinski definition) is 1. The van der Waals surface area contributed by atoms with Crippen molar-refractivity contribution in [1.29, 1.82) is 0 Å². The molecule has 2 heterocycles. The van der Waals surface area contributed by atoms with Gasteiger partial charge in [0.05, 0.1) is 13.0 Å². The fourth-order valence-electron chi connectivity index (χ4n) is 2.23. The van der Waals surface area contributed by atoms with Gasteiger partial charge in [-0.05, 0) is 26.4 Å². The molecule has 0 aliphatic carbocycles. The van der Waals surface area contributed by atoms with Gasteiger partial charge < -0.3 is 5.32 Å². The summed E-state index contributed by atoms with van der Waals surface area (Å²) in [5.74, 6) is 0.995. The average Bonchev–Trinajstić information content (AvgIpc) is 2.64. The summed E-state index contributed by atoms with van der Waals surface area (Å²) in [6.07, 6.45) is 3.01. The summed E-state index contributed by atoms with van der Waals surface area (Å²) in [6.45, 7) is 7.26. The number of carbonyl (C=O) groups is 1. The Bertz CT molecular complexity index is 382. The van der Waals surface area contributed by atoms with Crippen LogP contribution >= 0.6 is 0 Å². The highest BCUT2D eigenvalue weighted by atomic mass is 16.1. The molecule has 0 unspecified atom stereocenters. The van der Waals surface area contributed by atoms with Crippen LogP contribution in [-0.4, -0.2) is 58.2 Å². The third-order valence-corrected chi connectivity index (χ3v) is 3.18. The minimum atomic E-state index is 0.222. The first-order valence-electron chi connectivity index (χ1n) is 6.61. The van der Waals surface area contributed by atoms with E-state index in [0.717, 1.165) is 45.0 Å². The molecule has 18 heavy (non-hydrogen) atoms. The Morgan fingerprint density at radius 1 is 1.44 bits per heavy atom. The number of hydrogen-bond acceptors (Lipinski definition) is 5.